The Bertz CT molecular complexity index is 410. The molecule has 0 aliphatic carbocycles. The smallest absolute Gasteiger partial charge is 0.320 e. The summed E-state index contributed by atoms with van der Waals surface area (Å²) in [6, 6.07) is 4.78. The fourth-order valence-corrected chi connectivity index (χ4v) is 2.28. The lowest BCUT2D eigenvalue weighted by atomic mass is 10.2. The van der Waals surface area contributed by atoms with Crippen LogP contribution in [0.3, 0.4) is 0 Å². The minimum absolute atomic E-state index is 0.119. The lowest BCUT2D eigenvalue weighted by Gasteiger charge is -2.02. The molecule has 0 saturated carbocycles. The first-order chi connectivity index (χ1) is 6.37. The van der Waals surface area contributed by atoms with Crippen molar-refractivity contribution in [1.29, 1.82) is 0 Å². The predicted molar refractivity (Wildman–Crippen MR) is 58.1 cm³/mol. The van der Waals surface area contributed by atoms with Crippen molar-refractivity contribution < 1.29 is 13.0 Å². The summed E-state index contributed by atoms with van der Waals surface area (Å²) in [6.07, 6.45) is 0. The molecule has 1 aromatic rings. The summed E-state index contributed by atoms with van der Waals surface area (Å²) in [4.78, 5) is 0. The topological polar surface area (TPSA) is 106 Å². The third-order valence-electron chi connectivity index (χ3n) is 1.41. The Morgan fingerprint density at radius 1 is 1.21 bits per heavy atom. The Kier molecular flexibility index (Phi) is 3.25. The molecular weight excluding hydrogens is 224 g/mol. The monoisotopic (exact) mass is 234 g/mol. The molecule has 0 saturated heterocycles. The average Bonchev–Trinajstić information content (AvgIpc) is 1.97. The number of rotatable bonds is 3. The van der Waals surface area contributed by atoms with Crippen molar-refractivity contribution in [2.75, 3.05) is 11.5 Å². The molecule has 1 aromatic carbocycles. The highest BCUT2D eigenvalue weighted by molar-refractivity contribution is 8.69. The van der Waals surface area contributed by atoms with Crippen molar-refractivity contribution in [2.24, 2.45) is 0 Å². The Balaban J connectivity index is 2.78. The summed E-state index contributed by atoms with van der Waals surface area (Å²) in [6.45, 7) is 0. The third-order valence-corrected chi connectivity index (χ3v) is 3.41. The Morgan fingerprint density at radius 3 is 2.14 bits per heavy atom. The van der Waals surface area contributed by atoms with Gasteiger partial charge in [-0.15, -0.1) is 0 Å². The van der Waals surface area contributed by atoms with E-state index >= 15 is 0 Å². The minimum Gasteiger partial charge on any atom is -0.399 e. The van der Waals surface area contributed by atoms with Gasteiger partial charge in [-0.3, -0.25) is 4.55 Å². The van der Waals surface area contributed by atoms with Crippen LogP contribution in [-0.2, 0) is 14.9 Å². The van der Waals surface area contributed by atoms with Crippen LogP contribution in [0.5, 0.6) is 0 Å². The maximum Gasteiger partial charge on any atom is 0.320 e. The van der Waals surface area contributed by atoms with Gasteiger partial charge in [0, 0.05) is 27.9 Å². The molecule has 0 amide bonds. The molecule has 0 bridgehead atoms. The summed E-state index contributed by atoms with van der Waals surface area (Å²) in [5.41, 5.74) is 12.6. The molecule has 0 radical (unpaired) electrons. The zero-order valence-corrected chi connectivity index (χ0v) is 8.81. The molecule has 78 valence electrons. The normalized spacial score (nSPS) is 11.5. The third kappa shape index (κ3) is 3.86. The van der Waals surface area contributed by atoms with Crippen LogP contribution in [0.15, 0.2) is 18.2 Å². The quantitative estimate of drug-likeness (QED) is 0.407. The molecule has 7 heteroatoms. The van der Waals surface area contributed by atoms with E-state index in [1.807, 2.05) is 0 Å². The molecule has 0 unspecified atom stereocenters. The molecule has 0 heterocycles. The summed E-state index contributed by atoms with van der Waals surface area (Å²) in [5, 5.41) is 0. The number of benzene rings is 1. The molecule has 0 aromatic heterocycles. The van der Waals surface area contributed by atoms with Gasteiger partial charge in [-0.2, -0.15) is 8.42 Å². The number of hydrogen-bond acceptors (Lipinski definition) is 5. The zero-order valence-electron chi connectivity index (χ0n) is 7.17. The minimum atomic E-state index is -4.01. The van der Waals surface area contributed by atoms with Crippen LogP contribution >= 0.6 is 10.8 Å². The SMILES string of the molecule is Nc1cc(N)cc(CSS(=O)(=O)O)c1. The lowest BCUT2D eigenvalue weighted by Crippen LogP contribution is -1.95. The highest BCUT2D eigenvalue weighted by Gasteiger charge is 2.06. The van der Waals surface area contributed by atoms with E-state index in [-0.39, 0.29) is 5.75 Å². The van der Waals surface area contributed by atoms with Crippen LogP contribution < -0.4 is 11.5 Å². The molecule has 0 fully saturated rings. The van der Waals surface area contributed by atoms with Gasteiger partial charge in [0.05, 0.1) is 0 Å². The van der Waals surface area contributed by atoms with Gasteiger partial charge < -0.3 is 11.5 Å². The molecule has 1 rings (SSSR count). The number of anilines is 2. The zero-order chi connectivity index (χ0) is 10.8. The fraction of sp³-hybridized carbons (Fsp3) is 0.143. The van der Waals surface area contributed by atoms with E-state index in [4.69, 9.17) is 16.0 Å². The summed E-state index contributed by atoms with van der Waals surface area (Å²) in [5.74, 6) is 0.119. The van der Waals surface area contributed by atoms with E-state index in [1.54, 1.807) is 18.2 Å². The van der Waals surface area contributed by atoms with Gasteiger partial charge in [-0.25, -0.2) is 0 Å². The van der Waals surface area contributed by atoms with Crippen molar-refractivity contribution in [2.45, 2.75) is 5.75 Å². The van der Waals surface area contributed by atoms with Crippen LogP contribution in [0.1, 0.15) is 5.56 Å². The van der Waals surface area contributed by atoms with E-state index in [2.05, 4.69) is 0 Å². The van der Waals surface area contributed by atoms with Gasteiger partial charge in [0.1, 0.15) is 0 Å². The van der Waals surface area contributed by atoms with Crippen molar-refractivity contribution >= 4 is 31.3 Å². The van der Waals surface area contributed by atoms with E-state index in [0.717, 1.165) is 0 Å². The number of nitrogens with two attached hydrogens (primary N) is 2. The van der Waals surface area contributed by atoms with Crippen LogP contribution in [0.25, 0.3) is 0 Å². The van der Waals surface area contributed by atoms with E-state index < -0.39 is 9.15 Å². The molecule has 0 spiro atoms. The van der Waals surface area contributed by atoms with Gasteiger partial charge in [-0.1, -0.05) is 0 Å². The van der Waals surface area contributed by atoms with Crippen LogP contribution in [0.2, 0.25) is 0 Å². The first-order valence-corrected chi connectivity index (χ1v) is 6.58. The van der Waals surface area contributed by atoms with Crippen LogP contribution in [0.4, 0.5) is 11.4 Å². The molecule has 14 heavy (non-hydrogen) atoms. The largest absolute Gasteiger partial charge is 0.399 e. The Labute approximate surface area is 85.6 Å². The second-order valence-electron chi connectivity index (χ2n) is 2.70. The molecule has 0 atom stereocenters. The maximum absolute atomic E-state index is 10.4. The average molecular weight is 234 g/mol. The van der Waals surface area contributed by atoms with Gasteiger partial charge in [-0.05, 0) is 23.8 Å². The first kappa shape index (κ1) is 11.2. The molecular formula is C7H10N2O3S2. The van der Waals surface area contributed by atoms with Crippen molar-refractivity contribution in [3.05, 3.63) is 23.8 Å². The predicted octanol–water partition coefficient (Wildman–Crippen LogP) is 0.887. The highest BCUT2D eigenvalue weighted by Crippen LogP contribution is 2.21. The van der Waals surface area contributed by atoms with Crippen LogP contribution in [-0.4, -0.2) is 13.0 Å². The van der Waals surface area contributed by atoms with E-state index in [1.165, 1.54) is 0 Å². The second kappa shape index (κ2) is 4.07. The molecule has 5 N–H and O–H groups in total. The summed E-state index contributed by atoms with van der Waals surface area (Å²) >= 11 is 0. The van der Waals surface area contributed by atoms with Gasteiger partial charge in [0.25, 0.3) is 0 Å². The second-order valence-corrected chi connectivity index (χ2v) is 6.05. The Morgan fingerprint density at radius 2 is 1.71 bits per heavy atom. The molecule has 5 nitrogen and oxygen atoms in total. The molecule has 0 aliphatic heterocycles. The Hall–Kier alpha value is -0.920. The van der Waals surface area contributed by atoms with Crippen molar-refractivity contribution in [3.63, 3.8) is 0 Å². The number of hydrogen-bond donors (Lipinski definition) is 3. The highest BCUT2D eigenvalue weighted by atomic mass is 33.1. The van der Waals surface area contributed by atoms with Gasteiger partial charge >= 0.3 is 9.15 Å². The lowest BCUT2D eigenvalue weighted by molar-refractivity contribution is 0.503. The van der Waals surface area contributed by atoms with Crippen LogP contribution in [0, 0.1) is 0 Å². The summed E-state index contributed by atoms with van der Waals surface area (Å²) in [7, 11) is -3.59. The van der Waals surface area contributed by atoms with E-state index in [9.17, 15) is 8.42 Å². The van der Waals surface area contributed by atoms with E-state index in [0.29, 0.717) is 27.7 Å². The van der Waals surface area contributed by atoms with Crippen molar-refractivity contribution in [1.82, 2.24) is 0 Å². The standard InChI is InChI=1S/C7H10N2O3S2/c8-6-1-5(2-7(9)3-6)4-13-14(10,11)12/h1-3H,4,8-9H2,(H,10,11,12). The summed E-state index contributed by atoms with van der Waals surface area (Å²) < 4.78 is 29.4. The fourth-order valence-electron chi connectivity index (χ4n) is 0.971. The van der Waals surface area contributed by atoms with Gasteiger partial charge in [0.15, 0.2) is 0 Å². The molecule has 0 aliphatic rings. The number of nitrogen functional groups attached to an aromatic ring is 2. The van der Waals surface area contributed by atoms with Crippen molar-refractivity contribution in [3.8, 4) is 0 Å². The van der Waals surface area contributed by atoms with Gasteiger partial charge in [0.2, 0.25) is 0 Å². The first-order valence-electron chi connectivity index (χ1n) is 3.63. The maximum atomic E-state index is 10.4.